The number of hydrogen-bond donors (Lipinski definition) is 0. The average molecular weight is 210 g/mol. The fraction of sp³-hybridized carbons (Fsp3) is 0.692. The van der Waals surface area contributed by atoms with Gasteiger partial charge in [-0.25, -0.2) is 0 Å². The van der Waals surface area contributed by atoms with E-state index in [1.807, 2.05) is 22.9 Å². The van der Waals surface area contributed by atoms with Gasteiger partial charge in [-0.1, -0.05) is 69.9 Å². The zero-order valence-electron chi connectivity index (χ0n) is 9.08. The maximum atomic E-state index is 2.04. The molecule has 1 aliphatic rings. The Kier molecular flexibility index (Phi) is 7.79. The van der Waals surface area contributed by atoms with Gasteiger partial charge in [0, 0.05) is 0 Å². The monoisotopic (exact) mass is 210 g/mol. The minimum atomic E-state index is 1.50. The molecule has 1 aliphatic carbocycles. The second-order valence-corrected chi connectivity index (χ2v) is 4.79. The fourth-order valence-corrected chi connectivity index (χ4v) is 2.27. The van der Waals surface area contributed by atoms with E-state index >= 15 is 0 Å². The summed E-state index contributed by atoms with van der Waals surface area (Å²) in [5.74, 6) is 0. The Morgan fingerprint density at radius 1 is 0.500 bits per heavy atom. The van der Waals surface area contributed by atoms with E-state index in [-0.39, 0.29) is 0 Å². The van der Waals surface area contributed by atoms with Crippen LogP contribution in [-0.2, 0) is 0 Å². The predicted octanol–water partition coefficient (Wildman–Crippen LogP) is 5.26. The molecule has 0 radical (unpaired) electrons. The van der Waals surface area contributed by atoms with Crippen molar-refractivity contribution in [3.63, 3.8) is 0 Å². The van der Waals surface area contributed by atoms with E-state index in [1.54, 1.807) is 11.3 Å². The standard InChI is InChI=1S/C9H18.C4H4S/c1-2-4-6-8-9-7-5-3-1;1-2-4-5-3-1/h1-9H2;1-4H. The van der Waals surface area contributed by atoms with Gasteiger partial charge in [-0.3, -0.25) is 0 Å². The highest BCUT2D eigenvalue weighted by Crippen LogP contribution is 2.15. The fourth-order valence-electron chi connectivity index (χ4n) is 1.82. The van der Waals surface area contributed by atoms with E-state index in [2.05, 4.69) is 0 Å². The van der Waals surface area contributed by atoms with Crippen LogP contribution in [0.5, 0.6) is 0 Å². The minimum absolute atomic E-state index is 1.50. The summed E-state index contributed by atoms with van der Waals surface area (Å²) in [6.07, 6.45) is 13.5. The lowest BCUT2D eigenvalue weighted by Gasteiger charge is -1.93. The lowest BCUT2D eigenvalue weighted by atomic mass is 10.1. The van der Waals surface area contributed by atoms with Crippen LogP contribution in [0, 0.1) is 0 Å². The first-order valence-electron chi connectivity index (χ1n) is 5.97. The normalized spacial score (nSPS) is 18.3. The van der Waals surface area contributed by atoms with Crippen molar-refractivity contribution in [2.75, 3.05) is 0 Å². The zero-order valence-corrected chi connectivity index (χ0v) is 9.90. The van der Waals surface area contributed by atoms with Gasteiger partial charge in [0.1, 0.15) is 0 Å². The SMILES string of the molecule is C1CCCCCCCC1.c1ccsc1. The Hall–Kier alpha value is -0.300. The molecule has 0 atom stereocenters. The summed E-state index contributed by atoms with van der Waals surface area (Å²) in [6, 6.07) is 4.04. The Balaban J connectivity index is 0.000000165. The second kappa shape index (κ2) is 9.26. The number of rotatable bonds is 0. The van der Waals surface area contributed by atoms with Crippen molar-refractivity contribution in [2.45, 2.75) is 57.8 Å². The maximum absolute atomic E-state index is 2.04. The van der Waals surface area contributed by atoms with Crippen molar-refractivity contribution >= 4 is 11.3 Å². The summed E-state index contributed by atoms with van der Waals surface area (Å²) in [4.78, 5) is 0. The quantitative estimate of drug-likeness (QED) is 0.548. The van der Waals surface area contributed by atoms with Gasteiger partial charge in [0.15, 0.2) is 0 Å². The summed E-state index contributed by atoms with van der Waals surface area (Å²) in [7, 11) is 0. The highest BCUT2D eigenvalue weighted by molar-refractivity contribution is 7.07. The third-order valence-electron chi connectivity index (χ3n) is 2.68. The topological polar surface area (TPSA) is 0 Å². The minimum Gasteiger partial charge on any atom is -0.152 e. The summed E-state index contributed by atoms with van der Waals surface area (Å²) >= 11 is 1.71. The summed E-state index contributed by atoms with van der Waals surface area (Å²) < 4.78 is 0. The van der Waals surface area contributed by atoms with Gasteiger partial charge in [0.25, 0.3) is 0 Å². The molecule has 0 amide bonds. The number of thiophene rings is 1. The van der Waals surface area contributed by atoms with Crippen LogP contribution in [0.15, 0.2) is 22.9 Å². The summed E-state index contributed by atoms with van der Waals surface area (Å²) in [5, 5.41) is 4.08. The molecule has 1 saturated carbocycles. The van der Waals surface area contributed by atoms with Crippen LogP contribution >= 0.6 is 11.3 Å². The molecule has 0 spiro atoms. The molecule has 1 heterocycles. The zero-order chi connectivity index (χ0) is 9.90. The Labute approximate surface area is 92.4 Å². The van der Waals surface area contributed by atoms with Crippen LogP contribution in [0.2, 0.25) is 0 Å². The van der Waals surface area contributed by atoms with E-state index < -0.39 is 0 Å². The van der Waals surface area contributed by atoms with Crippen LogP contribution in [0.4, 0.5) is 0 Å². The molecule has 14 heavy (non-hydrogen) atoms. The molecule has 0 bridgehead atoms. The van der Waals surface area contributed by atoms with Crippen molar-refractivity contribution in [2.24, 2.45) is 0 Å². The highest BCUT2D eigenvalue weighted by atomic mass is 32.1. The summed E-state index contributed by atoms with van der Waals surface area (Å²) in [5.41, 5.74) is 0. The molecule has 0 N–H and O–H groups in total. The van der Waals surface area contributed by atoms with Gasteiger partial charge in [-0.05, 0) is 10.8 Å². The number of hydrogen-bond acceptors (Lipinski definition) is 1. The molecule has 80 valence electrons. The van der Waals surface area contributed by atoms with Crippen molar-refractivity contribution in [3.8, 4) is 0 Å². The van der Waals surface area contributed by atoms with Crippen molar-refractivity contribution in [1.82, 2.24) is 0 Å². The lowest BCUT2D eigenvalue weighted by Crippen LogP contribution is -1.73. The van der Waals surface area contributed by atoms with E-state index in [0.717, 1.165) is 0 Å². The second-order valence-electron chi connectivity index (χ2n) is 3.98. The van der Waals surface area contributed by atoms with E-state index in [4.69, 9.17) is 0 Å². The van der Waals surface area contributed by atoms with E-state index in [1.165, 1.54) is 57.8 Å². The molecule has 2 rings (SSSR count). The maximum Gasteiger partial charge on any atom is -0.00934 e. The molecule has 0 unspecified atom stereocenters. The van der Waals surface area contributed by atoms with Crippen molar-refractivity contribution in [3.05, 3.63) is 22.9 Å². The molecular formula is C13H22S. The molecule has 1 aromatic heterocycles. The Bertz CT molecular complexity index is 133. The molecule has 1 aromatic rings. The lowest BCUT2D eigenvalue weighted by molar-refractivity contribution is 0.624. The van der Waals surface area contributed by atoms with Gasteiger partial charge in [0.05, 0.1) is 0 Å². The smallest absolute Gasteiger partial charge is 0.00934 e. The van der Waals surface area contributed by atoms with Gasteiger partial charge in [-0.15, -0.1) is 0 Å². The van der Waals surface area contributed by atoms with Crippen LogP contribution in [0.3, 0.4) is 0 Å². The van der Waals surface area contributed by atoms with Gasteiger partial charge in [0.2, 0.25) is 0 Å². The van der Waals surface area contributed by atoms with E-state index in [0.29, 0.717) is 0 Å². The molecule has 0 aromatic carbocycles. The Morgan fingerprint density at radius 2 is 0.786 bits per heavy atom. The van der Waals surface area contributed by atoms with Crippen LogP contribution in [0.1, 0.15) is 57.8 Å². The molecular weight excluding hydrogens is 188 g/mol. The first-order valence-corrected chi connectivity index (χ1v) is 6.91. The largest absolute Gasteiger partial charge is 0.152 e. The van der Waals surface area contributed by atoms with Gasteiger partial charge >= 0.3 is 0 Å². The molecule has 1 fully saturated rings. The average Bonchev–Trinajstić information content (AvgIpc) is 2.82. The molecule has 0 aliphatic heterocycles. The molecule has 1 heteroatoms. The van der Waals surface area contributed by atoms with Crippen LogP contribution in [0.25, 0.3) is 0 Å². The van der Waals surface area contributed by atoms with Gasteiger partial charge in [-0.2, -0.15) is 11.3 Å². The van der Waals surface area contributed by atoms with Crippen LogP contribution < -0.4 is 0 Å². The van der Waals surface area contributed by atoms with Crippen LogP contribution in [-0.4, -0.2) is 0 Å². The predicted molar refractivity (Wildman–Crippen MR) is 65.9 cm³/mol. The molecule has 0 saturated heterocycles. The van der Waals surface area contributed by atoms with Gasteiger partial charge < -0.3 is 0 Å². The third-order valence-corrected chi connectivity index (χ3v) is 3.30. The third kappa shape index (κ3) is 7.14. The Morgan fingerprint density at radius 3 is 0.929 bits per heavy atom. The van der Waals surface area contributed by atoms with Crippen molar-refractivity contribution < 1.29 is 0 Å². The molecule has 0 nitrogen and oxygen atoms in total. The first kappa shape index (κ1) is 11.8. The van der Waals surface area contributed by atoms with Crippen molar-refractivity contribution in [1.29, 1.82) is 0 Å². The van der Waals surface area contributed by atoms with E-state index in [9.17, 15) is 0 Å². The first-order chi connectivity index (χ1) is 7.00. The summed E-state index contributed by atoms with van der Waals surface area (Å²) in [6.45, 7) is 0. The highest BCUT2D eigenvalue weighted by Gasteiger charge is 1.95.